The summed E-state index contributed by atoms with van der Waals surface area (Å²) >= 11 is 5.31. The zero-order chi connectivity index (χ0) is 8.74. The van der Waals surface area contributed by atoms with Gasteiger partial charge >= 0.3 is 0 Å². The second-order valence-corrected chi connectivity index (χ2v) is 3.68. The van der Waals surface area contributed by atoms with Gasteiger partial charge in [0, 0.05) is 5.54 Å². The Balaban J connectivity index is 3.78. The highest BCUT2D eigenvalue weighted by molar-refractivity contribution is 6.25. The third-order valence-corrected chi connectivity index (χ3v) is 1.15. The molecule has 0 aromatic rings. The minimum Gasteiger partial charge on any atom is -0.0930 e. The summed E-state index contributed by atoms with van der Waals surface area (Å²) in [6.07, 6.45) is 9.82. The molecule has 1 heteroatoms. The normalized spacial score (nSPS) is 14.2. The van der Waals surface area contributed by atoms with Gasteiger partial charge in [0.1, 0.15) is 0 Å². The molecule has 0 spiro atoms. The Morgan fingerprint density at radius 2 is 1.45 bits per heavy atom. The van der Waals surface area contributed by atoms with Crippen LogP contribution in [0.15, 0.2) is 35.9 Å². The van der Waals surface area contributed by atoms with Crippen molar-refractivity contribution < 1.29 is 0 Å². The Morgan fingerprint density at radius 3 is 1.91 bits per heavy atom. The predicted molar refractivity (Wildman–Crippen MR) is 52.7 cm³/mol. The summed E-state index contributed by atoms with van der Waals surface area (Å²) in [5, 5.41) is 0. The molecule has 0 aliphatic rings. The Kier molecular flexibility index (Phi) is 4.97. The lowest BCUT2D eigenvalue weighted by Gasteiger charge is -2.09. The lowest BCUT2D eigenvalue weighted by atomic mass is 9.96. The van der Waals surface area contributed by atoms with E-state index in [9.17, 15) is 0 Å². The fraction of sp³-hybridized carbons (Fsp3) is 0.400. The highest BCUT2D eigenvalue weighted by Crippen LogP contribution is 2.14. The first-order chi connectivity index (χ1) is 5.06. The van der Waals surface area contributed by atoms with E-state index in [0.717, 1.165) is 0 Å². The summed E-state index contributed by atoms with van der Waals surface area (Å²) in [7, 11) is 0. The maximum atomic E-state index is 5.31. The molecule has 0 bridgehead atoms. The molecule has 0 aliphatic carbocycles. The third-order valence-electron chi connectivity index (χ3n) is 1.00. The van der Waals surface area contributed by atoms with Crippen molar-refractivity contribution in [2.24, 2.45) is 5.41 Å². The summed E-state index contributed by atoms with van der Waals surface area (Å²) in [6.45, 7) is 6.48. The van der Waals surface area contributed by atoms with Gasteiger partial charge in [-0.2, -0.15) is 0 Å². The minimum absolute atomic E-state index is 0.259. The van der Waals surface area contributed by atoms with Crippen LogP contribution < -0.4 is 0 Å². The van der Waals surface area contributed by atoms with Crippen molar-refractivity contribution in [1.29, 1.82) is 0 Å². The lowest BCUT2D eigenvalue weighted by Crippen LogP contribution is -1.97. The zero-order valence-corrected chi connectivity index (χ0v) is 8.10. The average Bonchev–Trinajstić information content (AvgIpc) is 1.85. The molecule has 0 atom stereocenters. The highest BCUT2D eigenvalue weighted by atomic mass is 35.5. The van der Waals surface area contributed by atoms with Crippen LogP contribution >= 0.6 is 11.6 Å². The molecule has 11 heavy (non-hydrogen) atoms. The topological polar surface area (TPSA) is 0 Å². The smallest absolute Gasteiger partial charge is 0.00424 e. The Bertz CT molecular complexity index is 168. The molecule has 0 rings (SSSR count). The van der Waals surface area contributed by atoms with Gasteiger partial charge in [-0.25, -0.2) is 0 Å². The third kappa shape index (κ3) is 9.51. The van der Waals surface area contributed by atoms with Gasteiger partial charge in [0.05, 0.1) is 0 Å². The van der Waals surface area contributed by atoms with Gasteiger partial charge in [-0.3, -0.25) is 0 Å². The van der Waals surface area contributed by atoms with Crippen molar-refractivity contribution in [3.63, 3.8) is 0 Å². The number of halogens is 1. The van der Waals surface area contributed by atoms with Gasteiger partial charge in [-0.05, 0) is 5.41 Å². The molecular weight excluding hydrogens is 156 g/mol. The van der Waals surface area contributed by atoms with Crippen LogP contribution in [0.3, 0.4) is 0 Å². The molecule has 0 saturated carbocycles. The molecular formula is C10H15Cl. The van der Waals surface area contributed by atoms with Crippen molar-refractivity contribution in [2.75, 3.05) is 0 Å². The predicted octanol–water partition coefficient (Wildman–Crippen LogP) is 3.90. The van der Waals surface area contributed by atoms with Gasteiger partial charge in [-0.1, -0.05) is 62.8 Å². The van der Waals surface area contributed by atoms with E-state index < -0.39 is 0 Å². The van der Waals surface area contributed by atoms with E-state index in [2.05, 4.69) is 26.8 Å². The van der Waals surface area contributed by atoms with Gasteiger partial charge in [0.15, 0.2) is 0 Å². The molecule has 0 aliphatic heterocycles. The molecule has 62 valence electrons. The first kappa shape index (κ1) is 10.5. The van der Waals surface area contributed by atoms with Gasteiger partial charge in [-0.15, -0.1) is 0 Å². The molecule has 0 saturated heterocycles. The molecule has 0 nitrogen and oxygen atoms in total. The van der Waals surface area contributed by atoms with Crippen LogP contribution in [0.2, 0.25) is 0 Å². The number of hydrogen-bond acceptors (Lipinski definition) is 0. The van der Waals surface area contributed by atoms with Crippen LogP contribution in [0.25, 0.3) is 0 Å². The summed E-state index contributed by atoms with van der Waals surface area (Å²) in [5.74, 6) is 0. The van der Waals surface area contributed by atoms with Crippen molar-refractivity contribution in [3.05, 3.63) is 35.9 Å². The Hall–Kier alpha value is -0.490. The second-order valence-electron chi connectivity index (χ2n) is 3.43. The summed E-state index contributed by atoms with van der Waals surface area (Å²) in [5.41, 5.74) is 1.75. The molecule has 0 unspecified atom stereocenters. The average molecular weight is 171 g/mol. The van der Waals surface area contributed by atoms with E-state index in [1.54, 1.807) is 6.08 Å². The molecule has 0 aromatic heterocycles. The minimum atomic E-state index is 0.259. The van der Waals surface area contributed by atoms with E-state index in [4.69, 9.17) is 11.6 Å². The fourth-order valence-electron chi connectivity index (χ4n) is 0.515. The Morgan fingerprint density at radius 1 is 0.909 bits per heavy atom. The summed E-state index contributed by atoms with van der Waals surface area (Å²) in [4.78, 5) is 0. The van der Waals surface area contributed by atoms with E-state index in [-0.39, 0.29) is 5.41 Å². The van der Waals surface area contributed by atoms with E-state index >= 15 is 0 Å². The maximum absolute atomic E-state index is 5.31. The highest BCUT2D eigenvalue weighted by Gasteiger charge is 2.01. The van der Waals surface area contributed by atoms with Gasteiger partial charge < -0.3 is 0 Å². The van der Waals surface area contributed by atoms with Crippen LogP contribution in [0.4, 0.5) is 0 Å². The molecule has 0 fully saturated rings. The van der Waals surface area contributed by atoms with Crippen molar-refractivity contribution in [3.8, 4) is 0 Å². The summed E-state index contributed by atoms with van der Waals surface area (Å²) < 4.78 is 0. The van der Waals surface area contributed by atoms with E-state index in [0.29, 0.717) is 0 Å². The maximum Gasteiger partial charge on any atom is 0.00424 e. The van der Waals surface area contributed by atoms with Gasteiger partial charge in [0.2, 0.25) is 0 Å². The molecule has 0 N–H and O–H groups in total. The van der Waals surface area contributed by atoms with Crippen LogP contribution in [0.1, 0.15) is 20.8 Å². The standard InChI is InChI=1S/C10H15Cl/c1-10(2,3)8-6-4-5-7-9-11/h4-9H,1-3H3/b5-4-,8-6+,9-7+. The van der Waals surface area contributed by atoms with Crippen molar-refractivity contribution in [2.45, 2.75) is 20.8 Å². The van der Waals surface area contributed by atoms with E-state index in [1.807, 2.05) is 18.2 Å². The molecule has 0 radical (unpaired) electrons. The first-order valence-corrected chi connectivity index (χ1v) is 4.11. The Labute approximate surface area is 74.3 Å². The second kappa shape index (κ2) is 5.20. The summed E-state index contributed by atoms with van der Waals surface area (Å²) in [6, 6.07) is 0. The van der Waals surface area contributed by atoms with Crippen LogP contribution in [-0.4, -0.2) is 0 Å². The van der Waals surface area contributed by atoms with Crippen LogP contribution in [0, 0.1) is 5.41 Å². The van der Waals surface area contributed by atoms with E-state index in [1.165, 1.54) is 5.54 Å². The monoisotopic (exact) mass is 170 g/mol. The lowest BCUT2D eigenvalue weighted by molar-refractivity contribution is 0.544. The zero-order valence-electron chi connectivity index (χ0n) is 7.34. The quantitative estimate of drug-likeness (QED) is 0.552. The number of rotatable bonds is 2. The van der Waals surface area contributed by atoms with Crippen LogP contribution in [0.5, 0.6) is 0 Å². The number of allylic oxidation sites excluding steroid dienone is 5. The molecule has 0 heterocycles. The first-order valence-electron chi connectivity index (χ1n) is 3.67. The van der Waals surface area contributed by atoms with Crippen LogP contribution in [-0.2, 0) is 0 Å². The fourth-order valence-corrected chi connectivity index (χ4v) is 0.599. The largest absolute Gasteiger partial charge is 0.0930 e. The van der Waals surface area contributed by atoms with Crippen molar-refractivity contribution >= 4 is 11.6 Å². The number of hydrogen-bond donors (Lipinski definition) is 0. The van der Waals surface area contributed by atoms with Crippen molar-refractivity contribution in [1.82, 2.24) is 0 Å². The molecule has 0 aromatic carbocycles. The SMILES string of the molecule is CC(C)(C)/C=C/C=C\C=C\Cl. The van der Waals surface area contributed by atoms with Gasteiger partial charge in [0.25, 0.3) is 0 Å². The molecule has 0 amide bonds.